The molecule has 0 unspecified atom stereocenters. The predicted octanol–water partition coefficient (Wildman–Crippen LogP) is 7.16. The monoisotopic (exact) mass is 603 g/mol. The van der Waals surface area contributed by atoms with Crippen LogP contribution < -0.4 is 4.74 Å². The van der Waals surface area contributed by atoms with Gasteiger partial charge < -0.3 is 9.47 Å². The SMILES string of the molecule is COC(=O)C1=C[C@@H](c2ccccc2)[C@H](C(=O)c2ccc(OC)cc2)N1S(=O)(=O)c1c(C(C)C)cc(C(C)C)cc1C(C)C. The van der Waals surface area contributed by atoms with Gasteiger partial charge in [-0.3, -0.25) is 4.79 Å². The molecule has 0 N–H and O–H groups in total. The van der Waals surface area contributed by atoms with Crippen molar-refractivity contribution in [3.63, 3.8) is 0 Å². The molecule has 1 aliphatic rings. The second-order valence-electron chi connectivity index (χ2n) is 11.8. The Labute approximate surface area is 255 Å². The number of nitrogens with zero attached hydrogens (tertiary/aromatic N) is 1. The summed E-state index contributed by atoms with van der Waals surface area (Å²) in [6.07, 6.45) is 1.55. The number of rotatable bonds is 10. The molecule has 1 heterocycles. The molecule has 0 aliphatic carbocycles. The zero-order valence-corrected chi connectivity index (χ0v) is 26.9. The average Bonchev–Trinajstić information content (AvgIpc) is 3.41. The van der Waals surface area contributed by atoms with Gasteiger partial charge in [-0.2, -0.15) is 0 Å². The van der Waals surface area contributed by atoms with Gasteiger partial charge in [0.25, 0.3) is 10.0 Å². The molecule has 3 aromatic rings. The van der Waals surface area contributed by atoms with Gasteiger partial charge in [0.1, 0.15) is 17.5 Å². The van der Waals surface area contributed by atoms with E-state index in [9.17, 15) is 9.59 Å². The first-order valence-corrected chi connectivity index (χ1v) is 16.0. The molecule has 0 bridgehead atoms. The highest BCUT2D eigenvalue weighted by atomic mass is 32.2. The fraction of sp³-hybridized carbons (Fsp3) is 0.371. The average molecular weight is 604 g/mol. The van der Waals surface area contributed by atoms with E-state index < -0.39 is 33.7 Å². The molecule has 0 spiro atoms. The van der Waals surface area contributed by atoms with Crippen LogP contribution in [-0.2, 0) is 19.6 Å². The minimum absolute atomic E-state index is 0.137. The van der Waals surface area contributed by atoms with Crippen molar-refractivity contribution in [2.75, 3.05) is 14.2 Å². The van der Waals surface area contributed by atoms with Crippen LogP contribution in [0.5, 0.6) is 5.75 Å². The number of carbonyl (C=O) groups excluding carboxylic acids is 2. The van der Waals surface area contributed by atoms with Crippen LogP contribution in [0.2, 0.25) is 0 Å². The van der Waals surface area contributed by atoms with Crippen molar-refractivity contribution < 1.29 is 27.5 Å². The van der Waals surface area contributed by atoms with E-state index in [0.717, 1.165) is 9.87 Å². The third-order valence-electron chi connectivity index (χ3n) is 7.99. The smallest absolute Gasteiger partial charge is 0.355 e. The lowest BCUT2D eigenvalue weighted by molar-refractivity contribution is -0.137. The van der Waals surface area contributed by atoms with E-state index >= 15 is 8.42 Å². The summed E-state index contributed by atoms with van der Waals surface area (Å²) in [5, 5.41) is 0. The third kappa shape index (κ3) is 6.11. The van der Waals surface area contributed by atoms with E-state index in [0.29, 0.717) is 28.0 Å². The topological polar surface area (TPSA) is 90.0 Å². The lowest BCUT2D eigenvalue weighted by atomic mass is 9.88. The van der Waals surface area contributed by atoms with E-state index in [1.54, 1.807) is 30.3 Å². The van der Waals surface area contributed by atoms with Crippen LogP contribution in [0.1, 0.15) is 97.8 Å². The summed E-state index contributed by atoms with van der Waals surface area (Å²) >= 11 is 0. The molecule has 0 aromatic heterocycles. The number of esters is 1. The Balaban J connectivity index is 2.04. The third-order valence-corrected chi connectivity index (χ3v) is 9.92. The van der Waals surface area contributed by atoms with E-state index in [4.69, 9.17) is 9.47 Å². The maximum atomic E-state index is 15.1. The molecule has 228 valence electrons. The molecule has 43 heavy (non-hydrogen) atoms. The second kappa shape index (κ2) is 12.8. The lowest BCUT2D eigenvalue weighted by Gasteiger charge is -2.33. The normalized spacial score (nSPS) is 17.0. The Morgan fingerprint density at radius 1 is 0.791 bits per heavy atom. The summed E-state index contributed by atoms with van der Waals surface area (Å²) in [4.78, 5) is 27.9. The molecule has 0 amide bonds. The minimum atomic E-state index is -4.47. The van der Waals surface area contributed by atoms with Crippen LogP contribution in [0, 0.1) is 0 Å². The first kappa shape index (κ1) is 32.0. The lowest BCUT2D eigenvalue weighted by Crippen LogP contribution is -2.45. The summed E-state index contributed by atoms with van der Waals surface area (Å²) in [6, 6.07) is 18.3. The standard InChI is InChI=1S/C35H41NO6S/c1-21(2)26-18-28(22(3)4)34(29(19-26)23(5)6)43(39,40)36-31(35(38)42-8)20-30(24-12-10-9-11-13-24)32(36)33(37)25-14-16-27(41-7)17-15-25/h9-23,30,32H,1-8H3/t30-,32+/m0/s1. The van der Waals surface area contributed by atoms with Crippen molar-refractivity contribution in [1.82, 2.24) is 4.31 Å². The van der Waals surface area contributed by atoms with E-state index in [1.807, 2.05) is 70.2 Å². The molecule has 2 atom stereocenters. The van der Waals surface area contributed by atoms with Gasteiger partial charge in [-0.15, -0.1) is 0 Å². The molecule has 0 saturated heterocycles. The van der Waals surface area contributed by atoms with Crippen LogP contribution in [0.15, 0.2) is 83.4 Å². The van der Waals surface area contributed by atoms with E-state index in [1.165, 1.54) is 14.2 Å². The maximum Gasteiger partial charge on any atom is 0.355 e. The van der Waals surface area contributed by atoms with Crippen LogP contribution >= 0.6 is 0 Å². The first-order chi connectivity index (χ1) is 20.3. The molecular formula is C35H41NO6S. The maximum absolute atomic E-state index is 15.1. The molecule has 3 aromatic carbocycles. The van der Waals surface area contributed by atoms with Gasteiger partial charge in [-0.1, -0.05) is 84.0 Å². The molecule has 7 nitrogen and oxygen atoms in total. The second-order valence-corrected chi connectivity index (χ2v) is 13.6. The van der Waals surface area contributed by atoms with Crippen molar-refractivity contribution in [3.05, 3.63) is 106 Å². The van der Waals surface area contributed by atoms with Gasteiger partial charge in [-0.25, -0.2) is 17.5 Å². The van der Waals surface area contributed by atoms with Gasteiger partial charge in [0.05, 0.1) is 19.1 Å². The molecule has 4 rings (SSSR count). The highest BCUT2D eigenvalue weighted by Crippen LogP contribution is 2.44. The molecule has 0 fully saturated rings. The zero-order chi connectivity index (χ0) is 31.6. The largest absolute Gasteiger partial charge is 0.497 e. The number of Topliss-reactive ketones (excluding diaryl/α,β-unsaturated/α-hetero) is 1. The Kier molecular flexibility index (Phi) is 9.50. The zero-order valence-electron chi connectivity index (χ0n) is 26.1. The Morgan fingerprint density at radius 2 is 1.35 bits per heavy atom. The summed E-state index contributed by atoms with van der Waals surface area (Å²) in [5.41, 5.74) is 3.16. The minimum Gasteiger partial charge on any atom is -0.497 e. The number of hydrogen-bond acceptors (Lipinski definition) is 6. The van der Waals surface area contributed by atoms with Crippen molar-refractivity contribution in [2.24, 2.45) is 0 Å². The molecule has 1 aliphatic heterocycles. The van der Waals surface area contributed by atoms with Gasteiger partial charge in [0.15, 0.2) is 5.78 Å². The van der Waals surface area contributed by atoms with Crippen molar-refractivity contribution in [1.29, 1.82) is 0 Å². The molecular weight excluding hydrogens is 562 g/mol. The van der Waals surface area contributed by atoms with Crippen LogP contribution in [0.3, 0.4) is 0 Å². The fourth-order valence-electron chi connectivity index (χ4n) is 5.61. The Hall–Kier alpha value is -3.91. The summed E-state index contributed by atoms with van der Waals surface area (Å²) in [5.74, 6) is -1.55. The van der Waals surface area contributed by atoms with Gasteiger partial charge in [0, 0.05) is 11.5 Å². The van der Waals surface area contributed by atoms with Crippen molar-refractivity contribution in [3.8, 4) is 5.75 Å². The number of carbonyl (C=O) groups is 2. The molecule has 0 saturated carbocycles. The highest BCUT2D eigenvalue weighted by Gasteiger charge is 2.50. The summed E-state index contributed by atoms with van der Waals surface area (Å²) in [6.45, 7) is 12.0. The number of sulfonamides is 1. The van der Waals surface area contributed by atoms with Gasteiger partial charge in [-0.05, 0) is 70.3 Å². The van der Waals surface area contributed by atoms with Crippen molar-refractivity contribution >= 4 is 21.8 Å². The number of methoxy groups -OCH3 is 2. The number of ether oxygens (including phenoxy) is 2. The van der Waals surface area contributed by atoms with Crippen LogP contribution in [-0.4, -0.2) is 44.7 Å². The van der Waals surface area contributed by atoms with Crippen LogP contribution in [0.4, 0.5) is 0 Å². The van der Waals surface area contributed by atoms with E-state index in [2.05, 4.69) is 13.8 Å². The predicted molar refractivity (Wildman–Crippen MR) is 168 cm³/mol. The number of hydrogen-bond donors (Lipinski definition) is 0. The van der Waals surface area contributed by atoms with E-state index in [-0.39, 0.29) is 28.3 Å². The van der Waals surface area contributed by atoms with Gasteiger partial charge in [0.2, 0.25) is 0 Å². The molecule has 8 heteroatoms. The van der Waals surface area contributed by atoms with Crippen LogP contribution in [0.25, 0.3) is 0 Å². The molecule has 0 radical (unpaired) electrons. The van der Waals surface area contributed by atoms with Gasteiger partial charge >= 0.3 is 5.97 Å². The van der Waals surface area contributed by atoms with Crippen molar-refractivity contribution in [2.45, 2.75) is 76.2 Å². The number of benzene rings is 3. The first-order valence-electron chi connectivity index (χ1n) is 14.6. The quantitative estimate of drug-likeness (QED) is 0.180. The Morgan fingerprint density at radius 3 is 1.81 bits per heavy atom. The Bertz CT molecular complexity index is 1590. The number of ketones is 1. The highest BCUT2D eigenvalue weighted by molar-refractivity contribution is 7.89. The summed E-state index contributed by atoms with van der Waals surface area (Å²) < 4.78 is 41.6. The summed E-state index contributed by atoms with van der Waals surface area (Å²) in [7, 11) is -1.73. The fourth-order valence-corrected chi connectivity index (χ4v) is 7.91.